The molecule has 0 spiro atoms. The first-order valence-corrected chi connectivity index (χ1v) is 6.05. The van der Waals surface area contributed by atoms with E-state index in [1.807, 2.05) is 25.1 Å². The SMILES string of the molecule is COc1ccc(OC)c(SC(C)CC(=O)O)c1. The molecular formula is C12H16O4S. The van der Waals surface area contributed by atoms with Gasteiger partial charge in [-0.3, -0.25) is 4.79 Å². The average Bonchev–Trinajstić information content (AvgIpc) is 2.27. The first-order chi connectivity index (χ1) is 8.06. The molecule has 0 aliphatic rings. The summed E-state index contributed by atoms with van der Waals surface area (Å²) in [6.45, 7) is 1.87. The third-order valence-corrected chi connectivity index (χ3v) is 3.30. The Balaban J connectivity index is 2.83. The highest BCUT2D eigenvalue weighted by molar-refractivity contribution is 8.00. The molecule has 0 saturated heterocycles. The molecule has 0 fully saturated rings. The summed E-state index contributed by atoms with van der Waals surface area (Å²) in [7, 11) is 3.19. The summed E-state index contributed by atoms with van der Waals surface area (Å²) in [4.78, 5) is 11.5. The number of hydrogen-bond donors (Lipinski definition) is 1. The minimum absolute atomic E-state index is 0.0199. The maximum absolute atomic E-state index is 10.6. The lowest BCUT2D eigenvalue weighted by Crippen LogP contribution is -2.05. The van der Waals surface area contributed by atoms with E-state index in [-0.39, 0.29) is 11.7 Å². The van der Waals surface area contributed by atoms with Crippen LogP contribution in [0, 0.1) is 0 Å². The fourth-order valence-electron chi connectivity index (χ4n) is 1.38. The third-order valence-electron chi connectivity index (χ3n) is 2.16. The minimum atomic E-state index is -0.799. The van der Waals surface area contributed by atoms with Crippen molar-refractivity contribution in [1.29, 1.82) is 0 Å². The summed E-state index contributed by atoms with van der Waals surface area (Å²) in [6.07, 6.45) is 0.116. The van der Waals surface area contributed by atoms with Crippen molar-refractivity contribution in [1.82, 2.24) is 0 Å². The zero-order chi connectivity index (χ0) is 12.8. The summed E-state index contributed by atoms with van der Waals surface area (Å²) < 4.78 is 10.4. The lowest BCUT2D eigenvalue weighted by molar-refractivity contribution is -0.136. The Morgan fingerprint density at radius 1 is 1.41 bits per heavy atom. The van der Waals surface area contributed by atoms with Crippen molar-refractivity contribution in [3.05, 3.63) is 18.2 Å². The number of methoxy groups -OCH3 is 2. The van der Waals surface area contributed by atoms with E-state index >= 15 is 0 Å². The predicted molar refractivity (Wildman–Crippen MR) is 67.1 cm³/mol. The molecule has 0 aliphatic carbocycles. The Kier molecular flexibility index (Phi) is 5.15. The second kappa shape index (κ2) is 6.39. The number of ether oxygens (including phenoxy) is 2. The maximum Gasteiger partial charge on any atom is 0.304 e. The minimum Gasteiger partial charge on any atom is -0.497 e. The lowest BCUT2D eigenvalue weighted by atomic mass is 10.3. The molecule has 1 atom stereocenters. The second-order valence-electron chi connectivity index (χ2n) is 3.54. The highest BCUT2D eigenvalue weighted by Gasteiger charge is 2.13. The number of hydrogen-bond acceptors (Lipinski definition) is 4. The zero-order valence-electron chi connectivity index (χ0n) is 10.1. The second-order valence-corrected chi connectivity index (χ2v) is 5.02. The molecule has 0 saturated carbocycles. The van der Waals surface area contributed by atoms with E-state index < -0.39 is 5.97 Å². The maximum atomic E-state index is 10.6. The Morgan fingerprint density at radius 2 is 2.12 bits per heavy atom. The number of rotatable bonds is 6. The first-order valence-electron chi connectivity index (χ1n) is 5.17. The van der Waals surface area contributed by atoms with Crippen molar-refractivity contribution in [3.8, 4) is 11.5 Å². The molecule has 1 rings (SSSR count). The standard InChI is InChI=1S/C12H16O4S/c1-8(6-12(13)14)17-11-7-9(15-2)4-5-10(11)16-3/h4-5,7-8H,6H2,1-3H3,(H,13,14). The van der Waals surface area contributed by atoms with E-state index in [2.05, 4.69) is 0 Å². The summed E-state index contributed by atoms with van der Waals surface area (Å²) in [5.74, 6) is 0.663. The molecular weight excluding hydrogens is 240 g/mol. The molecule has 0 aliphatic heterocycles. The number of benzene rings is 1. The van der Waals surface area contributed by atoms with E-state index in [9.17, 15) is 4.79 Å². The smallest absolute Gasteiger partial charge is 0.304 e. The predicted octanol–water partition coefficient (Wildman–Crippen LogP) is 2.66. The highest BCUT2D eigenvalue weighted by atomic mass is 32.2. The van der Waals surface area contributed by atoms with Crippen LogP contribution in [0.3, 0.4) is 0 Å². The first kappa shape index (κ1) is 13.7. The normalized spacial score (nSPS) is 11.9. The van der Waals surface area contributed by atoms with Gasteiger partial charge in [0, 0.05) is 5.25 Å². The van der Waals surface area contributed by atoms with Gasteiger partial charge in [-0.05, 0) is 18.2 Å². The van der Waals surface area contributed by atoms with Gasteiger partial charge < -0.3 is 14.6 Å². The van der Waals surface area contributed by atoms with E-state index in [1.165, 1.54) is 11.8 Å². The van der Waals surface area contributed by atoms with Crippen molar-refractivity contribution in [2.24, 2.45) is 0 Å². The summed E-state index contributed by atoms with van der Waals surface area (Å²) in [5, 5.41) is 8.70. The molecule has 1 aromatic carbocycles. The Morgan fingerprint density at radius 3 is 2.65 bits per heavy atom. The monoisotopic (exact) mass is 256 g/mol. The molecule has 17 heavy (non-hydrogen) atoms. The average molecular weight is 256 g/mol. The van der Waals surface area contributed by atoms with E-state index in [1.54, 1.807) is 14.2 Å². The van der Waals surface area contributed by atoms with Crippen molar-refractivity contribution >= 4 is 17.7 Å². The number of carboxylic acid groups (broad SMARTS) is 1. The number of carboxylic acids is 1. The fraction of sp³-hybridized carbons (Fsp3) is 0.417. The molecule has 4 nitrogen and oxygen atoms in total. The molecule has 0 bridgehead atoms. The largest absolute Gasteiger partial charge is 0.497 e. The number of carbonyl (C=O) groups is 1. The van der Waals surface area contributed by atoms with Gasteiger partial charge in [0.15, 0.2) is 0 Å². The summed E-state index contributed by atoms with van der Waals surface area (Å²) in [5.41, 5.74) is 0. The van der Waals surface area contributed by atoms with E-state index in [4.69, 9.17) is 14.6 Å². The zero-order valence-corrected chi connectivity index (χ0v) is 10.9. The van der Waals surface area contributed by atoms with Crippen LogP contribution in [0.1, 0.15) is 13.3 Å². The van der Waals surface area contributed by atoms with Crippen molar-refractivity contribution < 1.29 is 19.4 Å². The molecule has 0 aromatic heterocycles. The molecule has 1 aromatic rings. The number of thioether (sulfide) groups is 1. The van der Waals surface area contributed by atoms with Crippen molar-refractivity contribution in [2.75, 3.05) is 14.2 Å². The van der Waals surface area contributed by atoms with Crippen LogP contribution in [-0.4, -0.2) is 30.5 Å². The van der Waals surface area contributed by atoms with Crippen LogP contribution >= 0.6 is 11.8 Å². The van der Waals surface area contributed by atoms with Crippen LogP contribution in [0.15, 0.2) is 23.1 Å². The van der Waals surface area contributed by atoms with Crippen LogP contribution in [0.4, 0.5) is 0 Å². The van der Waals surface area contributed by atoms with Gasteiger partial charge >= 0.3 is 5.97 Å². The van der Waals surface area contributed by atoms with Gasteiger partial charge in [0.1, 0.15) is 11.5 Å². The van der Waals surface area contributed by atoms with Gasteiger partial charge in [-0.25, -0.2) is 0 Å². The summed E-state index contributed by atoms with van der Waals surface area (Å²) in [6, 6.07) is 5.47. The lowest BCUT2D eigenvalue weighted by Gasteiger charge is -2.13. The van der Waals surface area contributed by atoms with Crippen molar-refractivity contribution in [3.63, 3.8) is 0 Å². The van der Waals surface area contributed by atoms with Crippen LogP contribution < -0.4 is 9.47 Å². The van der Waals surface area contributed by atoms with Gasteiger partial charge in [0.2, 0.25) is 0 Å². The fourth-order valence-corrected chi connectivity index (χ4v) is 2.49. The molecule has 0 heterocycles. The van der Waals surface area contributed by atoms with Crippen molar-refractivity contribution in [2.45, 2.75) is 23.5 Å². The molecule has 1 N–H and O–H groups in total. The molecule has 0 amide bonds. The van der Waals surface area contributed by atoms with Gasteiger partial charge in [0.25, 0.3) is 0 Å². The molecule has 1 unspecified atom stereocenters. The quantitative estimate of drug-likeness (QED) is 0.793. The Bertz CT molecular complexity index is 392. The highest BCUT2D eigenvalue weighted by Crippen LogP contribution is 2.35. The third kappa shape index (κ3) is 4.19. The number of aliphatic carboxylic acids is 1. The van der Waals surface area contributed by atoms with Crippen LogP contribution in [0.25, 0.3) is 0 Å². The molecule has 94 valence electrons. The van der Waals surface area contributed by atoms with E-state index in [0.29, 0.717) is 0 Å². The Hall–Kier alpha value is -1.36. The van der Waals surface area contributed by atoms with Crippen LogP contribution in [0.2, 0.25) is 0 Å². The van der Waals surface area contributed by atoms with Gasteiger partial charge in [-0.2, -0.15) is 0 Å². The Labute approximate surface area is 105 Å². The molecule has 5 heteroatoms. The van der Waals surface area contributed by atoms with Gasteiger partial charge in [-0.15, -0.1) is 11.8 Å². The van der Waals surface area contributed by atoms with Crippen LogP contribution in [-0.2, 0) is 4.79 Å². The van der Waals surface area contributed by atoms with Crippen LogP contribution in [0.5, 0.6) is 11.5 Å². The van der Waals surface area contributed by atoms with Gasteiger partial charge in [0.05, 0.1) is 25.5 Å². The molecule has 0 radical (unpaired) electrons. The summed E-state index contributed by atoms with van der Waals surface area (Å²) >= 11 is 1.47. The van der Waals surface area contributed by atoms with Gasteiger partial charge in [-0.1, -0.05) is 6.92 Å². The van der Waals surface area contributed by atoms with E-state index in [0.717, 1.165) is 16.4 Å². The topological polar surface area (TPSA) is 55.8 Å².